The zero-order chi connectivity index (χ0) is 25.2. The topological polar surface area (TPSA) is 54.8 Å². The Balaban J connectivity index is 1.30. The number of methoxy groups -OCH3 is 1. The van der Waals surface area contributed by atoms with Crippen molar-refractivity contribution in [3.05, 3.63) is 88.4 Å². The number of hydrogen-bond acceptors (Lipinski definition) is 4. The van der Waals surface area contributed by atoms with Crippen molar-refractivity contribution in [2.24, 2.45) is 0 Å². The summed E-state index contributed by atoms with van der Waals surface area (Å²) in [6, 6.07) is 20.0. The van der Waals surface area contributed by atoms with E-state index in [2.05, 4.69) is 35.1 Å². The van der Waals surface area contributed by atoms with Crippen molar-refractivity contribution in [3.63, 3.8) is 0 Å². The summed E-state index contributed by atoms with van der Waals surface area (Å²) in [5.41, 5.74) is 4.10. The fraction of sp³-hybridized carbons (Fsp3) is 0.310. The highest BCUT2D eigenvalue weighted by Gasteiger charge is 2.31. The van der Waals surface area contributed by atoms with Gasteiger partial charge in [-0.2, -0.15) is 0 Å². The Labute approximate surface area is 215 Å². The van der Waals surface area contributed by atoms with E-state index in [1.807, 2.05) is 59.2 Å². The lowest BCUT2D eigenvalue weighted by Crippen LogP contribution is -2.56. The van der Waals surface area contributed by atoms with Crippen molar-refractivity contribution in [2.45, 2.75) is 32.9 Å². The number of fused-ring (bicyclic) bond motifs is 1. The molecule has 0 bridgehead atoms. The van der Waals surface area contributed by atoms with Crippen molar-refractivity contribution in [1.82, 2.24) is 14.4 Å². The molecule has 1 aliphatic heterocycles. The smallest absolute Gasteiger partial charge is 0.270 e. The summed E-state index contributed by atoms with van der Waals surface area (Å²) in [6.07, 6.45) is 0.345. The molecule has 7 heteroatoms. The number of aryl methyl sites for hydroxylation is 1. The van der Waals surface area contributed by atoms with Gasteiger partial charge in [0.2, 0.25) is 5.91 Å². The molecule has 0 radical (unpaired) electrons. The zero-order valence-corrected chi connectivity index (χ0v) is 21.8. The Morgan fingerprint density at radius 1 is 1.06 bits per heavy atom. The summed E-state index contributed by atoms with van der Waals surface area (Å²) in [5.74, 6) is 0.892. The molecule has 1 saturated heterocycles. The number of thiophene rings is 1. The number of nitrogens with zero attached hydrogens (tertiary/aromatic N) is 3. The van der Waals surface area contributed by atoms with Gasteiger partial charge in [0.25, 0.3) is 5.91 Å². The maximum Gasteiger partial charge on any atom is 0.270 e. The van der Waals surface area contributed by atoms with Crippen molar-refractivity contribution < 1.29 is 14.3 Å². The molecule has 5 rings (SSSR count). The van der Waals surface area contributed by atoms with E-state index in [9.17, 15) is 9.59 Å². The number of piperazine rings is 1. The maximum absolute atomic E-state index is 13.7. The van der Waals surface area contributed by atoms with Gasteiger partial charge >= 0.3 is 0 Å². The van der Waals surface area contributed by atoms with Gasteiger partial charge in [-0.15, -0.1) is 11.3 Å². The lowest BCUT2D eigenvalue weighted by atomic mass is 10.1. The van der Waals surface area contributed by atoms with Crippen LogP contribution in [-0.4, -0.2) is 59.0 Å². The molecule has 1 unspecified atom stereocenters. The highest BCUT2D eigenvalue weighted by atomic mass is 32.1. The van der Waals surface area contributed by atoms with Crippen LogP contribution in [0.4, 0.5) is 0 Å². The number of amides is 2. The molecule has 0 N–H and O–H groups in total. The minimum Gasteiger partial charge on any atom is -0.497 e. The Bertz CT molecular complexity index is 1390. The van der Waals surface area contributed by atoms with Gasteiger partial charge in [-0.3, -0.25) is 9.59 Å². The second-order valence-corrected chi connectivity index (χ2v) is 10.3. The third-order valence-corrected chi connectivity index (χ3v) is 8.01. The summed E-state index contributed by atoms with van der Waals surface area (Å²) >= 11 is 1.66. The number of hydrogen-bond donors (Lipinski definition) is 0. The Morgan fingerprint density at radius 2 is 1.83 bits per heavy atom. The molecule has 0 spiro atoms. The van der Waals surface area contributed by atoms with Crippen LogP contribution >= 0.6 is 11.3 Å². The van der Waals surface area contributed by atoms with Gasteiger partial charge < -0.3 is 19.1 Å². The second-order valence-electron chi connectivity index (χ2n) is 9.44. The van der Waals surface area contributed by atoms with Crippen LogP contribution in [0.25, 0.3) is 10.2 Å². The van der Waals surface area contributed by atoms with Crippen LogP contribution in [0.15, 0.2) is 66.0 Å². The quantitative estimate of drug-likeness (QED) is 0.374. The molecular formula is C29H31N3O3S. The van der Waals surface area contributed by atoms with E-state index >= 15 is 0 Å². The van der Waals surface area contributed by atoms with Gasteiger partial charge in [-0.05, 0) is 60.2 Å². The van der Waals surface area contributed by atoms with Gasteiger partial charge in [0.1, 0.15) is 16.3 Å². The normalized spacial score (nSPS) is 15.9. The third-order valence-electron chi connectivity index (χ3n) is 7.06. The molecule has 0 aliphatic carbocycles. The third kappa shape index (κ3) is 4.75. The van der Waals surface area contributed by atoms with E-state index in [1.165, 1.54) is 11.1 Å². The van der Waals surface area contributed by atoms with Gasteiger partial charge in [0.15, 0.2) is 0 Å². The van der Waals surface area contributed by atoms with E-state index in [0.717, 1.165) is 21.5 Å². The molecule has 3 heterocycles. The first-order valence-corrected chi connectivity index (χ1v) is 13.2. The second kappa shape index (κ2) is 10.2. The van der Waals surface area contributed by atoms with Crippen molar-refractivity contribution in [2.75, 3.05) is 26.7 Å². The number of carbonyl (C=O) groups is 2. The molecule has 1 aliphatic rings. The number of aromatic nitrogens is 1. The van der Waals surface area contributed by atoms with E-state index in [4.69, 9.17) is 4.74 Å². The lowest BCUT2D eigenvalue weighted by Gasteiger charge is -2.40. The molecule has 1 fully saturated rings. The molecule has 4 aromatic rings. The monoisotopic (exact) mass is 501 g/mol. The molecule has 2 amide bonds. The van der Waals surface area contributed by atoms with Crippen molar-refractivity contribution in [3.8, 4) is 5.75 Å². The van der Waals surface area contributed by atoms with Gasteiger partial charge in [-0.1, -0.05) is 36.4 Å². The van der Waals surface area contributed by atoms with Crippen LogP contribution < -0.4 is 4.74 Å². The largest absolute Gasteiger partial charge is 0.497 e. The van der Waals surface area contributed by atoms with E-state index in [-0.39, 0.29) is 17.9 Å². The molecule has 6 nitrogen and oxygen atoms in total. The average Bonchev–Trinajstić information content (AvgIpc) is 3.48. The zero-order valence-electron chi connectivity index (χ0n) is 20.9. The van der Waals surface area contributed by atoms with E-state index in [0.29, 0.717) is 38.3 Å². The van der Waals surface area contributed by atoms with Crippen molar-refractivity contribution in [1.29, 1.82) is 0 Å². The molecule has 1 atom stereocenters. The summed E-state index contributed by atoms with van der Waals surface area (Å²) in [5, 5.41) is 3.17. The Hall–Kier alpha value is -3.58. The highest BCUT2D eigenvalue weighted by molar-refractivity contribution is 7.16. The van der Waals surface area contributed by atoms with Crippen LogP contribution in [-0.2, 0) is 17.8 Å². The molecule has 36 heavy (non-hydrogen) atoms. The fourth-order valence-corrected chi connectivity index (χ4v) is 5.86. The average molecular weight is 502 g/mol. The van der Waals surface area contributed by atoms with Crippen LogP contribution in [0, 0.1) is 6.92 Å². The fourth-order valence-electron chi connectivity index (χ4n) is 4.96. The number of rotatable bonds is 6. The first kappa shape index (κ1) is 24.1. The summed E-state index contributed by atoms with van der Waals surface area (Å²) < 4.78 is 7.36. The number of benzene rings is 2. The van der Waals surface area contributed by atoms with Crippen LogP contribution in [0.1, 0.15) is 34.1 Å². The molecule has 2 aromatic carbocycles. The number of carbonyl (C=O) groups excluding carboxylic acids is 2. The Morgan fingerprint density at radius 3 is 2.56 bits per heavy atom. The highest BCUT2D eigenvalue weighted by Crippen LogP contribution is 2.28. The number of ether oxygens (including phenoxy) is 1. The van der Waals surface area contributed by atoms with Gasteiger partial charge in [0, 0.05) is 37.6 Å². The maximum atomic E-state index is 13.7. The minimum atomic E-state index is -0.0469. The Kier molecular flexibility index (Phi) is 6.83. The molecule has 0 saturated carbocycles. The SMILES string of the molecule is COc1ccc(CC(=O)N2CCN(C(=O)c3cc4ccsc4n3Cc3ccccc3C)CC2C)cc1. The van der Waals surface area contributed by atoms with Crippen molar-refractivity contribution >= 4 is 33.4 Å². The van der Waals surface area contributed by atoms with Gasteiger partial charge in [0.05, 0.1) is 13.5 Å². The predicted octanol–water partition coefficient (Wildman–Crippen LogP) is 4.98. The van der Waals surface area contributed by atoms with Crippen LogP contribution in [0.5, 0.6) is 5.75 Å². The minimum absolute atomic E-state index is 0.0288. The summed E-state index contributed by atoms with van der Waals surface area (Å²) in [7, 11) is 1.63. The lowest BCUT2D eigenvalue weighted by molar-refractivity contribution is -0.134. The van der Waals surface area contributed by atoms with Crippen LogP contribution in [0.2, 0.25) is 0 Å². The standard InChI is InChI=1S/C29H31N3O3S/c1-20-6-4-5-7-24(20)19-32-26(17-23-12-15-36-29(23)32)28(34)30-13-14-31(21(2)18-30)27(33)16-22-8-10-25(35-3)11-9-22/h4-12,15,17,21H,13-14,16,18-19H2,1-3H3. The summed E-state index contributed by atoms with van der Waals surface area (Å²) in [4.78, 5) is 31.7. The van der Waals surface area contributed by atoms with Gasteiger partial charge in [-0.25, -0.2) is 0 Å². The molecular weight excluding hydrogens is 470 g/mol. The first-order chi connectivity index (χ1) is 17.4. The predicted molar refractivity (Wildman–Crippen MR) is 144 cm³/mol. The van der Waals surface area contributed by atoms with E-state index < -0.39 is 0 Å². The molecule has 186 valence electrons. The summed E-state index contributed by atoms with van der Waals surface area (Å²) in [6.45, 7) is 6.38. The van der Waals surface area contributed by atoms with Crippen LogP contribution in [0.3, 0.4) is 0 Å². The molecule has 2 aromatic heterocycles. The van der Waals surface area contributed by atoms with E-state index in [1.54, 1.807) is 18.4 Å². The first-order valence-electron chi connectivity index (χ1n) is 12.3.